The Labute approximate surface area is 183 Å². The van der Waals surface area contributed by atoms with Gasteiger partial charge < -0.3 is 14.4 Å². The molecule has 164 valence electrons. The number of methoxy groups -OCH3 is 1. The summed E-state index contributed by atoms with van der Waals surface area (Å²) in [4.78, 5) is 18.3. The molecular weight excluding hydrogens is 390 g/mol. The fourth-order valence-electron chi connectivity index (χ4n) is 4.69. The number of fused-ring (bicyclic) bond motifs is 1. The van der Waals surface area contributed by atoms with Gasteiger partial charge in [0.1, 0.15) is 11.3 Å². The van der Waals surface area contributed by atoms with E-state index in [0.29, 0.717) is 11.7 Å². The lowest BCUT2D eigenvalue weighted by atomic mass is 9.89. The van der Waals surface area contributed by atoms with Gasteiger partial charge in [-0.1, -0.05) is 19.4 Å². The molecule has 1 N–H and O–H groups in total. The quantitative estimate of drug-likeness (QED) is 0.559. The predicted octanol–water partition coefficient (Wildman–Crippen LogP) is 4.92. The zero-order valence-electron chi connectivity index (χ0n) is 18.4. The molecule has 1 aromatic carbocycles. The number of carbonyl (C=O) groups is 1. The molecule has 0 saturated carbocycles. The van der Waals surface area contributed by atoms with E-state index >= 15 is 0 Å². The van der Waals surface area contributed by atoms with Crippen molar-refractivity contribution in [2.24, 2.45) is 0 Å². The van der Waals surface area contributed by atoms with E-state index in [2.05, 4.69) is 33.6 Å². The number of aromatic nitrogens is 2. The Morgan fingerprint density at radius 1 is 1.26 bits per heavy atom. The minimum atomic E-state index is -0.952. The van der Waals surface area contributed by atoms with Crippen molar-refractivity contribution in [1.29, 1.82) is 0 Å². The summed E-state index contributed by atoms with van der Waals surface area (Å²) >= 11 is 0. The normalized spacial score (nSPS) is 15.4. The van der Waals surface area contributed by atoms with Gasteiger partial charge in [-0.15, -0.1) is 0 Å². The van der Waals surface area contributed by atoms with E-state index in [-0.39, 0.29) is 5.56 Å². The van der Waals surface area contributed by atoms with Gasteiger partial charge in [0.25, 0.3) is 0 Å². The molecule has 2 aromatic heterocycles. The minimum absolute atomic E-state index is 0.225. The fourth-order valence-corrected chi connectivity index (χ4v) is 4.69. The van der Waals surface area contributed by atoms with Crippen molar-refractivity contribution in [3.05, 3.63) is 59.5 Å². The Kier molecular flexibility index (Phi) is 6.56. The van der Waals surface area contributed by atoms with Gasteiger partial charge in [0.15, 0.2) is 0 Å². The third kappa shape index (κ3) is 4.59. The first-order valence-corrected chi connectivity index (χ1v) is 11.2. The molecule has 0 atom stereocenters. The first-order valence-electron chi connectivity index (χ1n) is 11.2. The van der Waals surface area contributed by atoms with Crippen LogP contribution in [0.2, 0.25) is 0 Å². The summed E-state index contributed by atoms with van der Waals surface area (Å²) < 4.78 is 7.55. The maximum absolute atomic E-state index is 11.5. The number of aryl methyl sites for hydroxylation is 1. The smallest absolute Gasteiger partial charge is 0.339 e. The van der Waals surface area contributed by atoms with E-state index in [9.17, 15) is 9.90 Å². The summed E-state index contributed by atoms with van der Waals surface area (Å²) in [5.74, 6) is 0.00440. The van der Waals surface area contributed by atoms with E-state index in [4.69, 9.17) is 4.74 Å². The number of hydrogen-bond donors (Lipinski definition) is 1. The summed E-state index contributed by atoms with van der Waals surface area (Å²) in [6.45, 7) is 6.04. The molecule has 3 heterocycles. The number of carboxylic acids is 1. The van der Waals surface area contributed by atoms with Crippen LogP contribution in [0.3, 0.4) is 0 Å². The second-order valence-electron chi connectivity index (χ2n) is 8.41. The molecule has 0 spiro atoms. The van der Waals surface area contributed by atoms with Crippen LogP contribution in [0.25, 0.3) is 10.9 Å². The van der Waals surface area contributed by atoms with Crippen molar-refractivity contribution in [2.75, 3.05) is 20.2 Å². The molecule has 0 aliphatic carbocycles. The number of likely N-dealkylation sites (tertiary alicyclic amines) is 1. The average Bonchev–Trinajstić information content (AvgIpc) is 3.17. The summed E-state index contributed by atoms with van der Waals surface area (Å²) in [6, 6.07) is 7.61. The van der Waals surface area contributed by atoms with Crippen molar-refractivity contribution >= 4 is 16.9 Å². The number of nitrogens with zero attached hydrogens (tertiary/aromatic N) is 3. The number of aromatic carboxylic acids is 1. The van der Waals surface area contributed by atoms with Crippen LogP contribution in [0.15, 0.2) is 42.9 Å². The van der Waals surface area contributed by atoms with Crippen LogP contribution in [-0.4, -0.2) is 45.7 Å². The Morgan fingerprint density at radius 2 is 2.06 bits per heavy atom. The summed E-state index contributed by atoms with van der Waals surface area (Å²) in [5, 5.41) is 10.8. The van der Waals surface area contributed by atoms with Gasteiger partial charge in [-0.25, -0.2) is 4.79 Å². The van der Waals surface area contributed by atoms with Gasteiger partial charge in [-0.05, 0) is 67.6 Å². The second-order valence-corrected chi connectivity index (χ2v) is 8.41. The van der Waals surface area contributed by atoms with E-state index in [0.717, 1.165) is 44.6 Å². The maximum Gasteiger partial charge on any atom is 0.339 e. The lowest BCUT2D eigenvalue weighted by molar-refractivity contribution is 0.0693. The Hall–Kier alpha value is -2.86. The highest BCUT2D eigenvalue weighted by Gasteiger charge is 2.24. The van der Waals surface area contributed by atoms with Gasteiger partial charge in [-0.2, -0.15) is 0 Å². The van der Waals surface area contributed by atoms with Crippen LogP contribution in [0.1, 0.15) is 60.0 Å². The molecule has 3 aromatic rings. The van der Waals surface area contributed by atoms with Crippen molar-refractivity contribution in [1.82, 2.24) is 14.5 Å². The Morgan fingerprint density at radius 3 is 2.77 bits per heavy atom. The molecule has 1 aliphatic heterocycles. The Bertz CT molecular complexity index is 1050. The zero-order valence-corrected chi connectivity index (χ0v) is 18.4. The highest BCUT2D eigenvalue weighted by molar-refractivity contribution is 5.91. The summed E-state index contributed by atoms with van der Waals surface area (Å²) in [6.07, 6.45) is 10.8. The zero-order chi connectivity index (χ0) is 21.8. The number of hydrogen-bond acceptors (Lipinski definition) is 4. The van der Waals surface area contributed by atoms with Crippen LogP contribution in [-0.2, 0) is 13.1 Å². The van der Waals surface area contributed by atoms with Gasteiger partial charge in [0, 0.05) is 30.9 Å². The van der Waals surface area contributed by atoms with Crippen molar-refractivity contribution in [2.45, 2.75) is 51.6 Å². The first-order chi connectivity index (χ1) is 15.1. The summed E-state index contributed by atoms with van der Waals surface area (Å²) in [5.41, 5.74) is 3.93. The van der Waals surface area contributed by atoms with Crippen molar-refractivity contribution in [3.8, 4) is 5.75 Å². The van der Waals surface area contributed by atoms with Crippen LogP contribution in [0, 0.1) is 0 Å². The molecule has 1 aliphatic rings. The molecule has 0 amide bonds. The number of piperidine rings is 1. The number of pyridine rings is 1. The topological polar surface area (TPSA) is 67.6 Å². The van der Waals surface area contributed by atoms with Gasteiger partial charge >= 0.3 is 5.97 Å². The molecule has 6 nitrogen and oxygen atoms in total. The average molecular weight is 422 g/mol. The lowest BCUT2D eigenvalue weighted by Crippen LogP contribution is -2.32. The van der Waals surface area contributed by atoms with E-state index in [1.165, 1.54) is 36.4 Å². The first kappa shape index (κ1) is 21.4. The van der Waals surface area contributed by atoms with Crippen LogP contribution in [0.4, 0.5) is 0 Å². The predicted molar refractivity (Wildman–Crippen MR) is 122 cm³/mol. The van der Waals surface area contributed by atoms with Crippen molar-refractivity contribution in [3.63, 3.8) is 0 Å². The maximum atomic E-state index is 11.5. The molecule has 31 heavy (non-hydrogen) atoms. The highest BCUT2D eigenvalue weighted by Crippen LogP contribution is 2.35. The van der Waals surface area contributed by atoms with Crippen molar-refractivity contribution < 1.29 is 14.6 Å². The molecule has 1 saturated heterocycles. The third-order valence-electron chi connectivity index (χ3n) is 6.40. The number of carboxylic acid groups (broad SMARTS) is 1. The SMILES string of the molecule is CCCCn1cc(C2CCN(Cc3ccc(OC)c(C(=O)O)c3)CC2)c2ccncc21. The molecular formula is C25H31N3O3. The molecule has 0 unspecified atom stereocenters. The van der Waals surface area contributed by atoms with E-state index in [1.807, 2.05) is 18.5 Å². The largest absolute Gasteiger partial charge is 0.496 e. The van der Waals surface area contributed by atoms with Crippen LogP contribution >= 0.6 is 0 Å². The number of rotatable bonds is 8. The lowest BCUT2D eigenvalue weighted by Gasteiger charge is -2.32. The van der Waals surface area contributed by atoms with Crippen LogP contribution in [0.5, 0.6) is 5.75 Å². The molecule has 0 bridgehead atoms. The minimum Gasteiger partial charge on any atom is -0.496 e. The number of ether oxygens (including phenoxy) is 1. The number of unbranched alkanes of at least 4 members (excludes halogenated alkanes) is 1. The highest BCUT2D eigenvalue weighted by atomic mass is 16.5. The standard InChI is InChI=1S/C25H31N3O3/c1-3-4-11-28-17-22(20-7-10-26-15-23(20)28)19-8-12-27(13-9-19)16-18-5-6-24(31-2)21(14-18)25(29)30/h5-7,10,14-15,17,19H,3-4,8-9,11-13,16H2,1-2H3,(H,29,30). The van der Waals surface area contributed by atoms with Gasteiger partial charge in [0.05, 0.1) is 18.8 Å². The number of benzene rings is 1. The van der Waals surface area contributed by atoms with E-state index < -0.39 is 5.97 Å². The van der Waals surface area contributed by atoms with E-state index in [1.54, 1.807) is 12.1 Å². The monoisotopic (exact) mass is 421 g/mol. The van der Waals surface area contributed by atoms with Gasteiger partial charge in [-0.3, -0.25) is 9.88 Å². The molecule has 0 radical (unpaired) electrons. The van der Waals surface area contributed by atoms with Crippen LogP contribution < -0.4 is 4.74 Å². The molecule has 4 rings (SSSR count). The molecule has 6 heteroatoms. The third-order valence-corrected chi connectivity index (χ3v) is 6.40. The second kappa shape index (κ2) is 9.52. The summed E-state index contributed by atoms with van der Waals surface area (Å²) in [7, 11) is 1.50. The fraction of sp³-hybridized carbons (Fsp3) is 0.440. The molecule has 1 fully saturated rings. The van der Waals surface area contributed by atoms with Gasteiger partial charge in [0.2, 0.25) is 0 Å². The Balaban J connectivity index is 1.45.